The van der Waals surface area contributed by atoms with E-state index in [1.807, 2.05) is 42.1 Å². The molecule has 0 aliphatic carbocycles. The Bertz CT molecular complexity index is 549. The Morgan fingerprint density at radius 1 is 1.37 bits per heavy atom. The summed E-state index contributed by atoms with van der Waals surface area (Å²) in [5, 5.41) is 6.86. The number of nitrogens with zero attached hydrogens (tertiary/aromatic N) is 1. The summed E-state index contributed by atoms with van der Waals surface area (Å²) in [5.41, 5.74) is 7.59. The fourth-order valence-corrected chi connectivity index (χ4v) is 3.25. The van der Waals surface area contributed by atoms with Gasteiger partial charge in [-0.05, 0) is 30.7 Å². The fourth-order valence-electron chi connectivity index (χ4n) is 2.22. The number of H-pyrrole nitrogens is 1. The van der Waals surface area contributed by atoms with E-state index in [1.54, 1.807) is 0 Å². The molecule has 1 atom stereocenters. The number of rotatable bonds is 3. The zero-order valence-corrected chi connectivity index (χ0v) is 11.5. The molecule has 1 aliphatic heterocycles. The average molecular weight is 275 g/mol. The lowest BCUT2D eigenvalue weighted by Crippen LogP contribution is -2.23. The molecule has 4 nitrogen and oxygen atoms in total. The van der Waals surface area contributed by atoms with Crippen LogP contribution in [0.2, 0.25) is 0 Å². The molecule has 0 saturated carbocycles. The molecular weight excluding hydrogens is 258 g/mol. The van der Waals surface area contributed by atoms with E-state index >= 15 is 0 Å². The number of benzene rings is 1. The number of nitrogen functional groups attached to an aromatic ring is 1. The van der Waals surface area contributed by atoms with Crippen molar-refractivity contribution in [3.8, 4) is 17.0 Å². The Kier molecular flexibility index (Phi) is 3.64. The topological polar surface area (TPSA) is 63.9 Å². The Hall–Kier alpha value is -1.62. The van der Waals surface area contributed by atoms with Gasteiger partial charge in [-0.15, -0.1) is 0 Å². The van der Waals surface area contributed by atoms with Crippen molar-refractivity contribution in [1.82, 2.24) is 10.2 Å². The fraction of sp³-hybridized carbons (Fsp3) is 0.357. The second kappa shape index (κ2) is 5.57. The van der Waals surface area contributed by atoms with E-state index in [0.29, 0.717) is 11.9 Å². The smallest absolute Gasteiger partial charge is 0.145 e. The Labute approximate surface area is 116 Å². The van der Waals surface area contributed by atoms with Gasteiger partial charge in [0.2, 0.25) is 0 Å². The SMILES string of the molecule is Nc1cc(-c2cccc(OC3CCCSC3)c2)[nH]n1. The maximum absolute atomic E-state index is 6.04. The number of nitrogens with two attached hydrogens (primary N) is 1. The van der Waals surface area contributed by atoms with Crippen molar-refractivity contribution >= 4 is 17.6 Å². The van der Waals surface area contributed by atoms with Crippen LogP contribution in [0.25, 0.3) is 11.3 Å². The molecule has 3 N–H and O–H groups in total. The van der Waals surface area contributed by atoms with Gasteiger partial charge in [-0.3, -0.25) is 5.10 Å². The number of thioether (sulfide) groups is 1. The quantitative estimate of drug-likeness (QED) is 0.904. The van der Waals surface area contributed by atoms with Gasteiger partial charge in [-0.1, -0.05) is 12.1 Å². The molecule has 3 rings (SSSR count). The number of nitrogens with one attached hydrogen (secondary N) is 1. The highest BCUT2D eigenvalue weighted by atomic mass is 32.2. The summed E-state index contributed by atoms with van der Waals surface area (Å²) < 4.78 is 6.04. The van der Waals surface area contributed by atoms with E-state index < -0.39 is 0 Å². The number of hydrogen-bond acceptors (Lipinski definition) is 4. The molecule has 0 radical (unpaired) electrons. The molecule has 1 unspecified atom stereocenters. The van der Waals surface area contributed by atoms with Crippen molar-refractivity contribution in [3.05, 3.63) is 30.3 Å². The van der Waals surface area contributed by atoms with Crippen LogP contribution in [-0.2, 0) is 0 Å². The Balaban J connectivity index is 1.75. The highest BCUT2D eigenvalue weighted by molar-refractivity contribution is 7.99. The summed E-state index contributed by atoms with van der Waals surface area (Å²) in [7, 11) is 0. The van der Waals surface area contributed by atoms with Crippen LogP contribution in [0.5, 0.6) is 5.75 Å². The highest BCUT2D eigenvalue weighted by Crippen LogP contribution is 2.26. The van der Waals surface area contributed by atoms with Gasteiger partial charge in [0, 0.05) is 17.4 Å². The van der Waals surface area contributed by atoms with Crippen LogP contribution in [0.3, 0.4) is 0 Å². The largest absolute Gasteiger partial charge is 0.490 e. The van der Waals surface area contributed by atoms with Crippen LogP contribution in [0.15, 0.2) is 30.3 Å². The molecule has 2 aromatic rings. The third kappa shape index (κ3) is 3.04. The summed E-state index contributed by atoms with van der Waals surface area (Å²) in [4.78, 5) is 0. The lowest BCUT2D eigenvalue weighted by atomic mass is 10.1. The molecule has 1 aromatic carbocycles. The third-order valence-electron chi connectivity index (χ3n) is 3.16. The summed E-state index contributed by atoms with van der Waals surface area (Å²) in [5.74, 6) is 3.76. The first-order valence-electron chi connectivity index (χ1n) is 6.47. The van der Waals surface area contributed by atoms with E-state index in [2.05, 4.69) is 10.2 Å². The Morgan fingerprint density at radius 3 is 3.05 bits per heavy atom. The summed E-state index contributed by atoms with van der Waals surface area (Å²) >= 11 is 1.97. The second-order valence-corrected chi connectivity index (χ2v) is 5.84. The minimum atomic E-state index is 0.334. The van der Waals surface area contributed by atoms with Crippen molar-refractivity contribution in [2.45, 2.75) is 18.9 Å². The number of aromatic nitrogens is 2. The first-order valence-corrected chi connectivity index (χ1v) is 7.62. The van der Waals surface area contributed by atoms with E-state index in [4.69, 9.17) is 10.5 Å². The highest BCUT2D eigenvalue weighted by Gasteiger charge is 2.15. The zero-order valence-electron chi connectivity index (χ0n) is 10.6. The minimum absolute atomic E-state index is 0.334. The van der Waals surface area contributed by atoms with Crippen molar-refractivity contribution in [1.29, 1.82) is 0 Å². The van der Waals surface area contributed by atoms with E-state index in [-0.39, 0.29) is 0 Å². The van der Waals surface area contributed by atoms with Gasteiger partial charge in [-0.2, -0.15) is 16.9 Å². The average Bonchev–Trinajstić information content (AvgIpc) is 2.87. The van der Waals surface area contributed by atoms with Crippen molar-refractivity contribution in [2.24, 2.45) is 0 Å². The minimum Gasteiger partial charge on any atom is -0.490 e. The molecule has 100 valence electrons. The van der Waals surface area contributed by atoms with Gasteiger partial charge in [0.25, 0.3) is 0 Å². The van der Waals surface area contributed by atoms with E-state index in [0.717, 1.165) is 29.2 Å². The number of hydrogen-bond donors (Lipinski definition) is 2. The summed E-state index contributed by atoms with van der Waals surface area (Å²) in [6, 6.07) is 9.89. The van der Waals surface area contributed by atoms with Gasteiger partial charge < -0.3 is 10.5 Å². The van der Waals surface area contributed by atoms with Crippen LogP contribution in [0.4, 0.5) is 5.82 Å². The van der Waals surface area contributed by atoms with Gasteiger partial charge in [0.15, 0.2) is 0 Å². The van der Waals surface area contributed by atoms with Crippen molar-refractivity contribution in [2.75, 3.05) is 17.2 Å². The van der Waals surface area contributed by atoms with Gasteiger partial charge >= 0.3 is 0 Å². The molecule has 19 heavy (non-hydrogen) atoms. The van der Waals surface area contributed by atoms with Gasteiger partial charge in [0.1, 0.15) is 17.7 Å². The lowest BCUT2D eigenvalue weighted by molar-refractivity contribution is 0.211. The first kappa shape index (κ1) is 12.4. The first-order chi connectivity index (χ1) is 9.31. The van der Waals surface area contributed by atoms with Crippen molar-refractivity contribution < 1.29 is 4.74 Å². The second-order valence-electron chi connectivity index (χ2n) is 4.69. The number of aromatic amines is 1. The molecule has 1 saturated heterocycles. The lowest BCUT2D eigenvalue weighted by Gasteiger charge is -2.22. The summed E-state index contributed by atoms with van der Waals surface area (Å²) in [6.45, 7) is 0. The molecule has 1 aliphatic rings. The zero-order chi connectivity index (χ0) is 13.1. The monoisotopic (exact) mass is 275 g/mol. The normalized spacial score (nSPS) is 19.3. The molecule has 0 bridgehead atoms. The van der Waals surface area contributed by atoms with Crippen molar-refractivity contribution in [3.63, 3.8) is 0 Å². The maximum Gasteiger partial charge on any atom is 0.145 e. The summed E-state index contributed by atoms with van der Waals surface area (Å²) in [6.07, 6.45) is 2.72. The van der Waals surface area contributed by atoms with E-state index in [1.165, 1.54) is 12.2 Å². The third-order valence-corrected chi connectivity index (χ3v) is 4.35. The standard InChI is InChI=1S/C14H17N3OS/c15-14-8-13(16-17-14)10-3-1-4-11(7-10)18-12-5-2-6-19-9-12/h1,3-4,7-8,12H,2,5-6,9H2,(H3,15,16,17). The van der Waals surface area contributed by atoms with Crippen LogP contribution >= 0.6 is 11.8 Å². The van der Waals surface area contributed by atoms with Crippen LogP contribution in [-0.4, -0.2) is 27.8 Å². The molecule has 0 amide bonds. The van der Waals surface area contributed by atoms with E-state index in [9.17, 15) is 0 Å². The molecule has 1 fully saturated rings. The molecule has 1 aromatic heterocycles. The molecule has 2 heterocycles. The Morgan fingerprint density at radius 2 is 2.32 bits per heavy atom. The number of anilines is 1. The predicted molar refractivity (Wildman–Crippen MR) is 79.4 cm³/mol. The van der Waals surface area contributed by atoms with Crippen LogP contribution < -0.4 is 10.5 Å². The molecule has 5 heteroatoms. The van der Waals surface area contributed by atoms with Gasteiger partial charge in [0.05, 0.1) is 5.69 Å². The maximum atomic E-state index is 6.04. The van der Waals surface area contributed by atoms with Crippen LogP contribution in [0, 0.1) is 0 Å². The van der Waals surface area contributed by atoms with Crippen LogP contribution in [0.1, 0.15) is 12.8 Å². The predicted octanol–water partition coefficient (Wildman–Crippen LogP) is 2.93. The molecular formula is C14H17N3OS. The number of ether oxygens (including phenoxy) is 1. The molecule has 0 spiro atoms. The van der Waals surface area contributed by atoms with Gasteiger partial charge in [-0.25, -0.2) is 0 Å².